The Kier molecular flexibility index (Phi) is 4.26. The Morgan fingerprint density at radius 2 is 2.00 bits per heavy atom. The maximum Gasteiger partial charge on any atom is 0.119 e. The van der Waals surface area contributed by atoms with Crippen LogP contribution in [0.5, 0.6) is 5.75 Å². The molecule has 0 aliphatic rings. The van der Waals surface area contributed by atoms with E-state index in [2.05, 4.69) is 12.2 Å². The second-order valence-corrected chi connectivity index (χ2v) is 3.35. The van der Waals surface area contributed by atoms with Gasteiger partial charge in [0.1, 0.15) is 5.75 Å². The molecule has 0 aliphatic heterocycles. The fourth-order valence-corrected chi connectivity index (χ4v) is 1.29. The van der Waals surface area contributed by atoms with Gasteiger partial charge in [-0.25, -0.2) is 0 Å². The van der Waals surface area contributed by atoms with Crippen molar-refractivity contribution in [3.63, 3.8) is 0 Å². The molecule has 1 aromatic rings. The lowest BCUT2D eigenvalue weighted by atomic mass is 10.2. The highest BCUT2D eigenvalue weighted by molar-refractivity contribution is 5.46. The van der Waals surface area contributed by atoms with Gasteiger partial charge in [0.15, 0.2) is 0 Å². The van der Waals surface area contributed by atoms with Crippen LogP contribution in [0.3, 0.4) is 0 Å². The van der Waals surface area contributed by atoms with E-state index < -0.39 is 0 Å². The maximum atomic E-state index is 5.47. The van der Waals surface area contributed by atoms with Gasteiger partial charge in [-0.3, -0.25) is 0 Å². The van der Waals surface area contributed by atoms with Crippen molar-refractivity contribution in [3.05, 3.63) is 24.3 Å². The Balaban J connectivity index is 2.50. The number of ether oxygens (including phenoxy) is 1. The van der Waals surface area contributed by atoms with Gasteiger partial charge in [-0.15, -0.1) is 0 Å². The Labute approximate surface area is 85.3 Å². The van der Waals surface area contributed by atoms with E-state index in [0.717, 1.165) is 17.9 Å². The van der Waals surface area contributed by atoms with Gasteiger partial charge in [0.25, 0.3) is 0 Å². The van der Waals surface area contributed by atoms with E-state index in [1.807, 2.05) is 24.3 Å². The van der Waals surface area contributed by atoms with Gasteiger partial charge < -0.3 is 15.8 Å². The van der Waals surface area contributed by atoms with Gasteiger partial charge in [0, 0.05) is 11.7 Å². The number of rotatable bonds is 5. The predicted molar refractivity (Wildman–Crippen MR) is 59.8 cm³/mol. The predicted octanol–water partition coefficient (Wildman–Crippen LogP) is 1.84. The first kappa shape index (κ1) is 10.9. The van der Waals surface area contributed by atoms with Crippen molar-refractivity contribution >= 4 is 5.69 Å². The molecule has 1 atom stereocenters. The van der Waals surface area contributed by atoms with Crippen LogP contribution in [0.1, 0.15) is 13.3 Å². The highest BCUT2D eigenvalue weighted by Crippen LogP contribution is 2.15. The lowest BCUT2D eigenvalue weighted by Gasteiger charge is -2.14. The number of hydrogen-bond donors (Lipinski definition) is 2. The minimum absolute atomic E-state index is 0.411. The molecule has 0 saturated carbocycles. The topological polar surface area (TPSA) is 47.3 Å². The SMILES string of the molecule is COc1ccc(NC(C)CCN)cc1. The van der Waals surface area contributed by atoms with Crippen LogP contribution < -0.4 is 15.8 Å². The van der Waals surface area contributed by atoms with Crippen LogP contribution in [0, 0.1) is 0 Å². The minimum Gasteiger partial charge on any atom is -0.497 e. The summed E-state index contributed by atoms with van der Waals surface area (Å²) in [5, 5.41) is 3.36. The Morgan fingerprint density at radius 1 is 1.36 bits per heavy atom. The molecule has 0 amide bonds. The summed E-state index contributed by atoms with van der Waals surface area (Å²) >= 11 is 0. The molecule has 0 spiro atoms. The van der Waals surface area contributed by atoms with Gasteiger partial charge in [-0.2, -0.15) is 0 Å². The largest absolute Gasteiger partial charge is 0.497 e. The standard InChI is InChI=1S/C11H18N2O/c1-9(7-8-12)13-10-3-5-11(14-2)6-4-10/h3-6,9,13H,7-8,12H2,1-2H3. The van der Waals surface area contributed by atoms with E-state index in [-0.39, 0.29) is 0 Å². The zero-order chi connectivity index (χ0) is 10.4. The lowest BCUT2D eigenvalue weighted by Crippen LogP contribution is -2.19. The molecule has 1 unspecified atom stereocenters. The van der Waals surface area contributed by atoms with Crippen molar-refractivity contribution in [2.75, 3.05) is 19.0 Å². The third-order valence-electron chi connectivity index (χ3n) is 2.10. The molecule has 0 aromatic heterocycles. The van der Waals surface area contributed by atoms with Crippen LogP contribution >= 0.6 is 0 Å². The number of anilines is 1. The molecule has 0 bridgehead atoms. The summed E-state index contributed by atoms with van der Waals surface area (Å²) in [7, 11) is 1.67. The van der Waals surface area contributed by atoms with Gasteiger partial charge in [-0.05, 0) is 44.2 Å². The second-order valence-electron chi connectivity index (χ2n) is 3.35. The molecule has 3 heteroatoms. The summed E-state index contributed by atoms with van der Waals surface area (Å²) in [6, 6.07) is 8.31. The third kappa shape index (κ3) is 3.26. The molecule has 1 rings (SSSR count). The van der Waals surface area contributed by atoms with E-state index in [1.165, 1.54) is 0 Å². The first-order chi connectivity index (χ1) is 6.76. The molecule has 1 aromatic carbocycles. The van der Waals surface area contributed by atoms with Gasteiger partial charge in [0.2, 0.25) is 0 Å². The summed E-state index contributed by atoms with van der Waals surface area (Å²) in [6.07, 6.45) is 0.978. The molecule has 0 aliphatic carbocycles. The van der Waals surface area contributed by atoms with Crippen molar-refractivity contribution in [3.8, 4) is 5.75 Å². The van der Waals surface area contributed by atoms with Crippen molar-refractivity contribution in [1.29, 1.82) is 0 Å². The number of hydrogen-bond acceptors (Lipinski definition) is 3. The molecule has 14 heavy (non-hydrogen) atoms. The minimum atomic E-state index is 0.411. The number of methoxy groups -OCH3 is 1. The quantitative estimate of drug-likeness (QED) is 0.752. The average Bonchev–Trinajstić information content (AvgIpc) is 2.19. The van der Waals surface area contributed by atoms with E-state index >= 15 is 0 Å². The normalized spacial score (nSPS) is 12.2. The molecule has 0 heterocycles. The van der Waals surface area contributed by atoms with Crippen molar-refractivity contribution < 1.29 is 4.74 Å². The highest BCUT2D eigenvalue weighted by atomic mass is 16.5. The fraction of sp³-hybridized carbons (Fsp3) is 0.455. The maximum absolute atomic E-state index is 5.47. The summed E-state index contributed by atoms with van der Waals surface area (Å²) in [4.78, 5) is 0. The highest BCUT2D eigenvalue weighted by Gasteiger charge is 2.00. The molecular formula is C11H18N2O. The van der Waals surface area contributed by atoms with E-state index in [0.29, 0.717) is 12.6 Å². The Bertz CT molecular complexity index is 258. The van der Waals surface area contributed by atoms with E-state index in [9.17, 15) is 0 Å². The summed E-state index contributed by atoms with van der Waals surface area (Å²) in [5.41, 5.74) is 6.57. The van der Waals surface area contributed by atoms with Crippen LogP contribution in [0.2, 0.25) is 0 Å². The molecule has 0 saturated heterocycles. The number of benzene rings is 1. The zero-order valence-corrected chi connectivity index (χ0v) is 8.79. The first-order valence-electron chi connectivity index (χ1n) is 4.87. The zero-order valence-electron chi connectivity index (χ0n) is 8.79. The van der Waals surface area contributed by atoms with E-state index in [4.69, 9.17) is 10.5 Å². The summed E-state index contributed by atoms with van der Waals surface area (Å²) in [5.74, 6) is 0.877. The van der Waals surface area contributed by atoms with Gasteiger partial charge in [-0.1, -0.05) is 0 Å². The molecule has 0 fully saturated rings. The van der Waals surface area contributed by atoms with Crippen LogP contribution in [0.25, 0.3) is 0 Å². The lowest BCUT2D eigenvalue weighted by molar-refractivity contribution is 0.415. The molecular weight excluding hydrogens is 176 g/mol. The molecule has 3 N–H and O–H groups in total. The Hall–Kier alpha value is -1.22. The van der Waals surface area contributed by atoms with Crippen molar-refractivity contribution in [1.82, 2.24) is 0 Å². The number of nitrogens with two attached hydrogens (primary N) is 1. The smallest absolute Gasteiger partial charge is 0.119 e. The Morgan fingerprint density at radius 3 is 2.50 bits per heavy atom. The second kappa shape index (κ2) is 5.50. The average molecular weight is 194 g/mol. The van der Waals surface area contributed by atoms with Crippen LogP contribution in [0.15, 0.2) is 24.3 Å². The van der Waals surface area contributed by atoms with Crippen LogP contribution in [-0.4, -0.2) is 19.7 Å². The van der Waals surface area contributed by atoms with Gasteiger partial charge in [0.05, 0.1) is 7.11 Å². The van der Waals surface area contributed by atoms with Crippen molar-refractivity contribution in [2.45, 2.75) is 19.4 Å². The van der Waals surface area contributed by atoms with Crippen molar-refractivity contribution in [2.24, 2.45) is 5.73 Å². The summed E-state index contributed by atoms with van der Waals surface area (Å²) < 4.78 is 5.07. The monoisotopic (exact) mass is 194 g/mol. The summed E-state index contributed by atoms with van der Waals surface area (Å²) in [6.45, 7) is 2.83. The third-order valence-corrected chi connectivity index (χ3v) is 2.10. The molecule has 3 nitrogen and oxygen atoms in total. The van der Waals surface area contributed by atoms with Crippen LogP contribution in [0.4, 0.5) is 5.69 Å². The van der Waals surface area contributed by atoms with Gasteiger partial charge >= 0.3 is 0 Å². The van der Waals surface area contributed by atoms with Crippen LogP contribution in [-0.2, 0) is 0 Å². The molecule has 78 valence electrons. The fourth-order valence-electron chi connectivity index (χ4n) is 1.29. The number of nitrogens with one attached hydrogen (secondary N) is 1. The first-order valence-corrected chi connectivity index (χ1v) is 4.87. The van der Waals surface area contributed by atoms with E-state index in [1.54, 1.807) is 7.11 Å². The molecule has 0 radical (unpaired) electrons.